The Morgan fingerprint density at radius 2 is 2.05 bits per heavy atom. The van der Waals surface area contributed by atoms with Crippen LogP contribution in [0, 0.1) is 0 Å². The summed E-state index contributed by atoms with van der Waals surface area (Å²) in [5, 5.41) is 0. The molecule has 1 aliphatic heterocycles. The lowest BCUT2D eigenvalue weighted by atomic mass is 10.0. The van der Waals surface area contributed by atoms with Gasteiger partial charge in [-0.15, -0.1) is 0 Å². The Hall–Kier alpha value is -1.55. The molecule has 4 heteroatoms. The van der Waals surface area contributed by atoms with E-state index in [1.54, 1.807) is 19.2 Å². The topological polar surface area (TPSA) is 44.8 Å². The molecular weight excluding hydrogens is 244 g/mol. The maximum Gasteiger partial charge on any atom is 0.163 e. The van der Waals surface area contributed by atoms with Crippen LogP contribution < -0.4 is 9.47 Å². The molecule has 1 atom stereocenters. The minimum atomic E-state index is 0.101. The van der Waals surface area contributed by atoms with Crippen molar-refractivity contribution in [2.45, 2.75) is 32.3 Å². The summed E-state index contributed by atoms with van der Waals surface area (Å²) < 4.78 is 16.3. The maximum absolute atomic E-state index is 12.1. The largest absolute Gasteiger partial charge is 0.490 e. The highest BCUT2D eigenvalue weighted by molar-refractivity contribution is 5.96. The van der Waals surface area contributed by atoms with Crippen LogP contribution in [0.3, 0.4) is 0 Å². The fourth-order valence-corrected chi connectivity index (χ4v) is 1.93. The van der Waals surface area contributed by atoms with Gasteiger partial charge in [0.1, 0.15) is 0 Å². The smallest absolute Gasteiger partial charge is 0.163 e. The Morgan fingerprint density at radius 3 is 2.79 bits per heavy atom. The zero-order valence-corrected chi connectivity index (χ0v) is 11.5. The molecular formula is C15H20O4. The molecule has 1 aromatic rings. The summed E-state index contributed by atoms with van der Waals surface area (Å²) in [5.74, 6) is 1.50. The van der Waals surface area contributed by atoms with Crippen LogP contribution in [-0.2, 0) is 4.74 Å². The number of rotatable bonds is 5. The summed E-state index contributed by atoms with van der Waals surface area (Å²) >= 11 is 0. The maximum atomic E-state index is 12.1. The molecule has 1 unspecified atom stereocenters. The Bertz CT molecular complexity index is 442. The van der Waals surface area contributed by atoms with Crippen molar-refractivity contribution in [2.24, 2.45) is 0 Å². The molecule has 0 aliphatic carbocycles. The number of ketones is 1. The van der Waals surface area contributed by atoms with Crippen molar-refractivity contribution >= 4 is 5.78 Å². The fraction of sp³-hybridized carbons (Fsp3) is 0.533. The highest BCUT2D eigenvalue weighted by Gasteiger charge is 2.14. The van der Waals surface area contributed by atoms with Gasteiger partial charge < -0.3 is 14.2 Å². The van der Waals surface area contributed by atoms with Crippen LogP contribution in [0.25, 0.3) is 0 Å². The first-order chi connectivity index (χ1) is 9.20. The second-order valence-electron chi connectivity index (χ2n) is 4.72. The van der Waals surface area contributed by atoms with Crippen LogP contribution in [-0.4, -0.2) is 32.2 Å². The van der Waals surface area contributed by atoms with Gasteiger partial charge in [-0.2, -0.15) is 0 Å². The summed E-state index contributed by atoms with van der Waals surface area (Å²) in [4.78, 5) is 12.1. The number of hydrogen-bond donors (Lipinski definition) is 0. The molecule has 0 radical (unpaired) electrons. The second kappa shape index (κ2) is 6.57. The van der Waals surface area contributed by atoms with Gasteiger partial charge in [-0.3, -0.25) is 4.79 Å². The van der Waals surface area contributed by atoms with Crippen LogP contribution in [0.5, 0.6) is 11.5 Å². The lowest BCUT2D eigenvalue weighted by Crippen LogP contribution is -2.08. The molecule has 19 heavy (non-hydrogen) atoms. The average molecular weight is 264 g/mol. The van der Waals surface area contributed by atoms with Gasteiger partial charge in [0.05, 0.1) is 19.3 Å². The number of Topliss-reactive ketones (excluding diaryl/α,β-unsaturated/α-hetero) is 1. The van der Waals surface area contributed by atoms with Crippen LogP contribution in [0.2, 0.25) is 0 Å². The molecule has 0 spiro atoms. The van der Waals surface area contributed by atoms with Gasteiger partial charge in [0.15, 0.2) is 17.3 Å². The van der Waals surface area contributed by atoms with Crippen molar-refractivity contribution < 1.29 is 19.0 Å². The minimum Gasteiger partial charge on any atom is -0.490 e. The molecule has 1 heterocycles. The van der Waals surface area contributed by atoms with Crippen molar-refractivity contribution in [1.29, 1.82) is 0 Å². The van der Waals surface area contributed by atoms with Crippen LogP contribution >= 0.6 is 0 Å². The quantitative estimate of drug-likeness (QED) is 0.767. The van der Waals surface area contributed by atoms with E-state index in [0.717, 1.165) is 18.6 Å². The van der Waals surface area contributed by atoms with Gasteiger partial charge in [-0.05, 0) is 31.5 Å². The Balaban J connectivity index is 2.04. The lowest BCUT2D eigenvalue weighted by Gasteiger charge is -2.10. The number of carbonyl (C=O) groups is 1. The first-order valence-corrected chi connectivity index (χ1v) is 6.66. The normalized spacial score (nSPS) is 15.7. The van der Waals surface area contributed by atoms with Crippen molar-refractivity contribution in [3.63, 3.8) is 0 Å². The molecule has 0 aromatic heterocycles. The number of carbonyl (C=O) groups excluding carboxylic acids is 1. The van der Waals surface area contributed by atoms with Gasteiger partial charge in [0, 0.05) is 25.5 Å². The van der Waals surface area contributed by atoms with E-state index in [1.807, 2.05) is 13.0 Å². The van der Waals surface area contributed by atoms with Crippen LogP contribution in [0.15, 0.2) is 18.2 Å². The van der Waals surface area contributed by atoms with Crippen molar-refractivity contribution in [1.82, 2.24) is 0 Å². The van der Waals surface area contributed by atoms with Crippen LogP contribution in [0.1, 0.15) is 36.5 Å². The monoisotopic (exact) mass is 264 g/mol. The van der Waals surface area contributed by atoms with E-state index in [4.69, 9.17) is 14.2 Å². The van der Waals surface area contributed by atoms with E-state index >= 15 is 0 Å². The zero-order chi connectivity index (χ0) is 13.7. The zero-order valence-electron chi connectivity index (χ0n) is 11.5. The molecule has 0 amide bonds. The average Bonchev–Trinajstić information content (AvgIpc) is 2.68. The Kier molecular flexibility index (Phi) is 4.80. The first kappa shape index (κ1) is 13.9. The fourth-order valence-electron chi connectivity index (χ4n) is 1.93. The van der Waals surface area contributed by atoms with E-state index in [9.17, 15) is 4.79 Å². The Morgan fingerprint density at radius 1 is 1.32 bits per heavy atom. The molecule has 0 saturated carbocycles. The molecule has 2 rings (SSSR count). The minimum absolute atomic E-state index is 0.101. The van der Waals surface area contributed by atoms with Gasteiger partial charge in [0.25, 0.3) is 0 Å². The summed E-state index contributed by atoms with van der Waals surface area (Å²) in [6.45, 7) is 3.25. The second-order valence-corrected chi connectivity index (χ2v) is 4.72. The van der Waals surface area contributed by atoms with E-state index in [0.29, 0.717) is 30.9 Å². The third-order valence-electron chi connectivity index (χ3n) is 3.25. The van der Waals surface area contributed by atoms with Crippen molar-refractivity contribution in [3.8, 4) is 11.5 Å². The van der Waals surface area contributed by atoms with E-state index in [1.165, 1.54) is 0 Å². The summed E-state index contributed by atoms with van der Waals surface area (Å²) in [6, 6.07) is 5.39. The molecule has 0 saturated heterocycles. The third kappa shape index (κ3) is 3.70. The van der Waals surface area contributed by atoms with E-state index in [2.05, 4.69) is 0 Å². The molecule has 0 N–H and O–H groups in total. The first-order valence-electron chi connectivity index (χ1n) is 6.66. The molecule has 4 nitrogen and oxygen atoms in total. The lowest BCUT2D eigenvalue weighted by molar-refractivity contribution is 0.0877. The van der Waals surface area contributed by atoms with Gasteiger partial charge in [-0.25, -0.2) is 0 Å². The van der Waals surface area contributed by atoms with Crippen molar-refractivity contribution in [2.75, 3.05) is 20.3 Å². The highest BCUT2D eigenvalue weighted by Crippen LogP contribution is 2.30. The summed E-state index contributed by atoms with van der Waals surface area (Å²) in [5.41, 5.74) is 0.674. The van der Waals surface area contributed by atoms with E-state index < -0.39 is 0 Å². The molecule has 0 bridgehead atoms. The number of methoxy groups -OCH3 is 1. The summed E-state index contributed by atoms with van der Waals surface area (Å²) in [7, 11) is 1.66. The number of ether oxygens (including phenoxy) is 3. The van der Waals surface area contributed by atoms with Gasteiger partial charge in [0.2, 0.25) is 0 Å². The Labute approximate surface area is 113 Å². The van der Waals surface area contributed by atoms with E-state index in [-0.39, 0.29) is 11.9 Å². The van der Waals surface area contributed by atoms with Crippen LogP contribution in [0.4, 0.5) is 0 Å². The molecule has 1 aliphatic rings. The highest BCUT2D eigenvalue weighted by atomic mass is 16.5. The standard InChI is InChI=1S/C15H20O4/c1-11(17-2)4-6-13(16)12-5-7-14-15(10-12)19-9-3-8-18-14/h5,7,10-11H,3-4,6,8-9H2,1-2H3. The summed E-state index contributed by atoms with van der Waals surface area (Å²) in [6.07, 6.45) is 2.17. The number of benzene rings is 1. The van der Waals surface area contributed by atoms with Crippen molar-refractivity contribution in [3.05, 3.63) is 23.8 Å². The number of hydrogen-bond acceptors (Lipinski definition) is 4. The predicted molar refractivity (Wildman–Crippen MR) is 72.1 cm³/mol. The molecule has 0 fully saturated rings. The van der Waals surface area contributed by atoms with Gasteiger partial charge >= 0.3 is 0 Å². The molecule has 1 aromatic carbocycles. The number of fused-ring (bicyclic) bond motifs is 1. The van der Waals surface area contributed by atoms with Gasteiger partial charge in [-0.1, -0.05) is 0 Å². The molecule has 104 valence electrons. The predicted octanol–water partition coefficient (Wildman–Crippen LogP) is 2.85. The SMILES string of the molecule is COC(C)CCC(=O)c1ccc2c(c1)OCCCO2. The third-order valence-corrected chi connectivity index (χ3v) is 3.25.